The third-order valence-corrected chi connectivity index (χ3v) is 3.25. The first-order chi connectivity index (χ1) is 9.83. The van der Waals surface area contributed by atoms with Crippen LogP contribution in [0.15, 0.2) is 66.7 Å². The Labute approximate surface area is 130 Å². The molecule has 20 heavy (non-hydrogen) atoms. The van der Waals surface area contributed by atoms with Crippen molar-refractivity contribution in [1.82, 2.24) is 14.4 Å². The Morgan fingerprint density at radius 3 is 2.75 bits per heavy atom. The zero-order valence-corrected chi connectivity index (χ0v) is 12.7. The van der Waals surface area contributed by atoms with Crippen LogP contribution in [0.4, 0.5) is 0 Å². The second-order valence-corrected chi connectivity index (χ2v) is 5.19. The molecular formula is C16H10IN3. The molecule has 2 heterocycles. The zero-order chi connectivity index (χ0) is 13.8. The zero-order valence-electron chi connectivity index (χ0n) is 10.5. The third-order valence-electron chi connectivity index (χ3n) is 2.70. The molecule has 0 saturated carbocycles. The molecule has 0 N–H and O–H groups in total. The molecule has 2 aromatic rings. The van der Waals surface area contributed by atoms with Crippen molar-refractivity contribution in [1.29, 1.82) is 0 Å². The van der Waals surface area contributed by atoms with Crippen LogP contribution in [0.25, 0.3) is 5.65 Å². The van der Waals surface area contributed by atoms with Crippen molar-refractivity contribution < 1.29 is 0 Å². The first-order valence-electron chi connectivity index (χ1n) is 6.05. The summed E-state index contributed by atoms with van der Waals surface area (Å²) in [7, 11) is 0. The SMILES string of the molecule is Ic1cn2c(C#CC3=C/C=C\C=C/C=C3)cnc2cn1. The van der Waals surface area contributed by atoms with Crippen LogP contribution in [0.2, 0.25) is 0 Å². The Bertz CT molecular complexity index is 826. The highest BCUT2D eigenvalue weighted by Gasteiger charge is 2.01. The second kappa shape index (κ2) is 5.88. The van der Waals surface area contributed by atoms with E-state index in [2.05, 4.69) is 44.4 Å². The number of hydrogen-bond donors (Lipinski definition) is 0. The predicted octanol–water partition coefficient (Wildman–Crippen LogP) is 3.29. The van der Waals surface area contributed by atoms with Crippen molar-refractivity contribution in [2.45, 2.75) is 0 Å². The Balaban J connectivity index is 1.98. The van der Waals surface area contributed by atoms with E-state index >= 15 is 0 Å². The largest absolute Gasteiger partial charge is 0.289 e. The van der Waals surface area contributed by atoms with Gasteiger partial charge < -0.3 is 0 Å². The van der Waals surface area contributed by atoms with Crippen molar-refractivity contribution >= 4 is 28.2 Å². The molecule has 0 radical (unpaired) electrons. The smallest absolute Gasteiger partial charge is 0.156 e. The van der Waals surface area contributed by atoms with Gasteiger partial charge in [-0.05, 0) is 40.7 Å². The molecule has 0 spiro atoms. The minimum Gasteiger partial charge on any atom is -0.289 e. The maximum Gasteiger partial charge on any atom is 0.156 e. The third kappa shape index (κ3) is 2.89. The van der Waals surface area contributed by atoms with Crippen LogP contribution in [0.5, 0.6) is 0 Å². The van der Waals surface area contributed by atoms with E-state index in [-0.39, 0.29) is 0 Å². The van der Waals surface area contributed by atoms with Crippen molar-refractivity contribution in [3.8, 4) is 11.8 Å². The number of nitrogens with zero attached hydrogens (tertiary/aromatic N) is 3. The summed E-state index contributed by atoms with van der Waals surface area (Å²) < 4.78 is 2.86. The van der Waals surface area contributed by atoms with Crippen LogP contribution in [-0.2, 0) is 0 Å². The topological polar surface area (TPSA) is 30.2 Å². The lowest BCUT2D eigenvalue weighted by Gasteiger charge is -1.95. The fourth-order valence-corrected chi connectivity index (χ4v) is 2.16. The maximum absolute atomic E-state index is 4.29. The highest BCUT2D eigenvalue weighted by atomic mass is 127. The molecule has 96 valence electrons. The molecule has 0 aromatic carbocycles. The predicted molar refractivity (Wildman–Crippen MR) is 88.1 cm³/mol. The van der Waals surface area contributed by atoms with E-state index in [1.54, 1.807) is 12.4 Å². The molecule has 2 aromatic heterocycles. The summed E-state index contributed by atoms with van der Waals surface area (Å²) in [5.41, 5.74) is 2.63. The van der Waals surface area contributed by atoms with Gasteiger partial charge in [-0.1, -0.05) is 36.3 Å². The van der Waals surface area contributed by atoms with Crippen LogP contribution in [0.3, 0.4) is 0 Å². The van der Waals surface area contributed by atoms with E-state index in [9.17, 15) is 0 Å². The summed E-state index contributed by atoms with van der Waals surface area (Å²) >= 11 is 2.18. The van der Waals surface area contributed by atoms with E-state index in [0.717, 1.165) is 20.6 Å². The molecule has 0 aliphatic heterocycles. The summed E-state index contributed by atoms with van der Waals surface area (Å²) in [5, 5.41) is 0. The minimum atomic E-state index is 0.805. The molecule has 0 fully saturated rings. The van der Waals surface area contributed by atoms with Crippen molar-refractivity contribution in [2.24, 2.45) is 0 Å². The van der Waals surface area contributed by atoms with Gasteiger partial charge in [0, 0.05) is 11.8 Å². The lowest BCUT2D eigenvalue weighted by molar-refractivity contribution is 1.09. The molecule has 0 saturated heterocycles. The van der Waals surface area contributed by atoms with E-state index in [4.69, 9.17) is 0 Å². The molecule has 0 bridgehead atoms. The van der Waals surface area contributed by atoms with Crippen LogP contribution < -0.4 is 0 Å². The Morgan fingerprint density at radius 2 is 1.80 bits per heavy atom. The van der Waals surface area contributed by atoms with Crippen molar-refractivity contribution in [3.63, 3.8) is 0 Å². The molecule has 0 amide bonds. The molecule has 1 aliphatic rings. The fraction of sp³-hybridized carbons (Fsp3) is 0. The maximum atomic E-state index is 4.29. The van der Waals surface area contributed by atoms with Gasteiger partial charge in [0.2, 0.25) is 0 Å². The van der Waals surface area contributed by atoms with Gasteiger partial charge in [0.1, 0.15) is 9.39 Å². The summed E-state index contributed by atoms with van der Waals surface area (Å²) in [5.74, 6) is 6.31. The van der Waals surface area contributed by atoms with Crippen LogP contribution in [0.1, 0.15) is 5.69 Å². The average molecular weight is 371 g/mol. The molecule has 0 atom stereocenters. The number of aromatic nitrogens is 3. The van der Waals surface area contributed by atoms with Gasteiger partial charge in [-0.2, -0.15) is 0 Å². The standard InChI is InChI=1S/C16H10IN3/c17-15-12-20-14(10-19-16(20)11-18-15)9-8-13-6-4-2-1-3-5-7-13/h1-7,10-12H/b2-1-,3-1?,4-2?,5-3-,6-4?,7-5?,13-6?,13-7?. The van der Waals surface area contributed by atoms with E-state index in [1.807, 2.05) is 53.1 Å². The van der Waals surface area contributed by atoms with Crippen molar-refractivity contribution in [2.75, 3.05) is 0 Å². The minimum absolute atomic E-state index is 0.805. The second-order valence-electron chi connectivity index (χ2n) is 4.08. The van der Waals surface area contributed by atoms with Gasteiger partial charge in [-0.25, -0.2) is 9.97 Å². The average Bonchev–Trinajstić information content (AvgIpc) is 2.80. The van der Waals surface area contributed by atoms with Crippen molar-refractivity contribution in [3.05, 3.63) is 76.1 Å². The Morgan fingerprint density at radius 1 is 0.950 bits per heavy atom. The molecule has 1 aliphatic carbocycles. The lowest BCUT2D eigenvalue weighted by Crippen LogP contribution is -1.91. The quantitative estimate of drug-likeness (QED) is 0.526. The van der Waals surface area contributed by atoms with E-state index < -0.39 is 0 Å². The fourth-order valence-electron chi connectivity index (χ4n) is 1.74. The molecule has 3 nitrogen and oxygen atoms in total. The van der Waals surface area contributed by atoms with Gasteiger partial charge in [-0.3, -0.25) is 4.40 Å². The number of fused-ring (bicyclic) bond motifs is 1. The van der Waals surface area contributed by atoms with Crippen LogP contribution in [0, 0.1) is 15.5 Å². The summed E-state index contributed by atoms with van der Waals surface area (Å²) in [6.07, 6.45) is 19.3. The number of rotatable bonds is 0. The van der Waals surface area contributed by atoms with Gasteiger partial charge in [0.15, 0.2) is 5.65 Å². The highest BCUT2D eigenvalue weighted by molar-refractivity contribution is 14.1. The highest BCUT2D eigenvalue weighted by Crippen LogP contribution is 2.08. The van der Waals surface area contributed by atoms with Crippen LogP contribution in [-0.4, -0.2) is 14.4 Å². The summed E-state index contributed by atoms with van der Waals surface area (Å²) in [4.78, 5) is 8.50. The normalized spacial score (nSPS) is 16.8. The van der Waals surface area contributed by atoms with Gasteiger partial charge in [-0.15, -0.1) is 0 Å². The summed E-state index contributed by atoms with van der Waals surface area (Å²) in [6, 6.07) is 0. The number of halogens is 1. The lowest BCUT2D eigenvalue weighted by atomic mass is 10.2. The number of imidazole rings is 1. The number of hydrogen-bond acceptors (Lipinski definition) is 2. The van der Waals surface area contributed by atoms with Crippen LogP contribution >= 0.6 is 22.6 Å². The van der Waals surface area contributed by atoms with Gasteiger partial charge in [0.05, 0.1) is 12.4 Å². The molecular weight excluding hydrogens is 361 g/mol. The molecule has 0 unspecified atom stereocenters. The van der Waals surface area contributed by atoms with E-state index in [0.29, 0.717) is 0 Å². The first kappa shape index (κ1) is 12.9. The van der Waals surface area contributed by atoms with E-state index in [1.165, 1.54) is 0 Å². The Hall–Kier alpha value is -2.13. The number of allylic oxidation sites excluding steroid dienone is 8. The first-order valence-corrected chi connectivity index (χ1v) is 7.13. The molecule has 3 rings (SSSR count). The van der Waals surface area contributed by atoms with Gasteiger partial charge >= 0.3 is 0 Å². The molecule has 4 heteroatoms. The van der Waals surface area contributed by atoms with Gasteiger partial charge in [0.25, 0.3) is 0 Å². The monoisotopic (exact) mass is 371 g/mol. The summed E-state index contributed by atoms with van der Waals surface area (Å²) in [6.45, 7) is 0. The Kier molecular flexibility index (Phi) is 3.79.